The third kappa shape index (κ3) is 10.6. The van der Waals surface area contributed by atoms with Crippen LogP contribution in [-0.2, 0) is 25.7 Å². The molecule has 0 aliphatic rings. The Labute approximate surface area is 172 Å². The van der Waals surface area contributed by atoms with Crippen LogP contribution in [0.4, 0.5) is 5.69 Å². The maximum Gasteiger partial charge on any atom is 0.306 e. The Morgan fingerprint density at radius 2 is 1.52 bits per heavy atom. The first-order valence-electron chi connectivity index (χ1n) is 10.5. The summed E-state index contributed by atoms with van der Waals surface area (Å²) in [5.74, 6) is -0.397. The number of esters is 2. The molecule has 0 fully saturated rings. The highest BCUT2D eigenvalue weighted by atomic mass is 16.6. The van der Waals surface area contributed by atoms with E-state index < -0.39 is 4.92 Å². The molecule has 0 atom stereocenters. The van der Waals surface area contributed by atoms with E-state index in [-0.39, 0.29) is 24.2 Å². The van der Waals surface area contributed by atoms with Gasteiger partial charge in [-0.15, -0.1) is 0 Å². The average Bonchev–Trinajstić information content (AvgIpc) is 2.69. The first kappa shape index (κ1) is 24.6. The van der Waals surface area contributed by atoms with Crippen LogP contribution in [0.25, 0.3) is 0 Å². The van der Waals surface area contributed by atoms with Crippen molar-refractivity contribution in [1.82, 2.24) is 0 Å². The third-order valence-electron chi connectivity index (χ3n) is 4.78. The number of carbonyl (C=O) groups excluding carboxylic acids is 2. The zero-order chi connectivity index (χ0) is 21.5. The number of benzene rings is 1. The first-order chi connectivity index (χ1) is 14.0. The molecule has 0 aliphatic heterocycles. The molecule has 7 nitrogen and oxygen atoms in total. The summed E-state index contributed by atoms with van der Waals surface area (Å²) >= 11 is 0. The van der Waals surface area contributed by atoms with Crippen LogP contribution in [-0.4, -0.2) is 23.5 Å². The largest absolute Gasteiger partial charge is 0.466 e. The van der Waals surface area contributed by atoms with Crippen LogP contribution in [0.3, 0.4) is 0 Å². The lowest BCUT2D eigenvalue weighted by molar-refractivity contribution is -0.385. The fourth-order valence-electron chi connectivity index (χ4n) is 2.90. The lowest BCUT2D eigenvalue weighted by atomic mass is 10.1. The summed E-state index contributed by atoms with van der Waals surface area (Å²) in [6, 6.07) is 4.77. The number of rotatable bonds is 15. The van der Waals surface area contributed by atoms with Crippen molar-refractivity contribution >= 4 is 17.6 Å². The zero-order valence-corrected chi connectivity index (χ0v) is 17.6. The predicted molar refractivity (Wildman–Crippen MR) is 110 cm³/mol. The molecule has 1 aromatic carbocycles. The van der Waals surface area contributed by atoms with Gasteiger partial charge in [0.15, 0.2) is 0 Å². The van der Waals surface area contributed by atoms with Gasteiger partial charge in [-0.3, -0.25) is 19.7 Å². The number of nitrogens with zero attached hydrogens (tertiary/aromatic N) is 1. The Morgan fingerprint density at radius 3 is 2.10 bits per heavy atom. The Hall–Kier alpha value is -2.44. The van der Waals surface area contributed by atoms with Crippen molar-refractivity contribution in [1.29, 1.82) is 0 Å². The van der Waals surface area contributed by atoms with Crippen LogP contribution in [0.2, 0.25) is 0 Å². The van der Waals surface area contributed by atoms with Crippen LogP contribution in [0, 0.1) is 17.0 Å². The monoisotopic (exact) mass is 407 g/mol. The van der Waals surface area contributed by atoms with Gasteiger partial charge in [0, 0.05) is 24.5 Å². The van der Waals surface area contributed by atoms with Crippen LogP contribution in [0.1, 0.15) is 82.3 Å². The van der Waals surface area contributed by atoms with Gasteiger partial charge < -0.3 is 9.47 Å². The minimum atomic E-state index is -0.434. The smallest absolute Gasteiger partial charge is 0.306 e. The minimum Gasteiger partial charge on any atom is -0.466 e. The number of hydrogen-bond donors (Lipinski definition) is 0. The standard InChI is InChI=1S/C22H33NO6/c1-3-4-16-28-21(24)14-9-7-5-6-8-10-15-22(25)29-17-19-12-11-13-20(18(19)2)23(26)27/h11-13H,3-10,14-17H2,1-2H3. The Balaban J connectivity index is 2.07. The van der Waals surface area contributed by atoms with Gasteiger partial charge in [-0.1, -0.05) is 51.2 Å². The molecule has 0 amide bonds. The van der Waals surface area contributed by atoms with E-state index in [9.17, 15) is 19.7 Å². The number of unbranched alkanes of at least 4 members (excludes halogenated alkanes) is 6. The number of carbonyl (C=O) groups is 2. The topological polar surface area (TPSA) is 95.7 Å². The molecular formula is C22H33NO6. The molecule has 0 saturated carbocycles. The van der Waals surface area contributed by atoms with Crippen molar-refractivity contribution in [2.45, 2.75) is 84.7 Å². The number of nitro benzene ring substituents is 1. The van der Waals surface area contributed by atoms with Gasteiger partial charge in [-0.25, -0.2) is 0 Å². The van der Waals surface area contributed by atoms with Crippen LogP contribution in [0.15, 0.2) is 18.2 Å². The van der Waals surface area contributed by atoms with Gasteiger partial charge in [0.2, 0.25) is 0 Å². The molecular weight excluding hydrogens is 374 g/mol. The maximum atomic E-state index is 11.9. The summed E-state index contributed by atoms with van der Waals surface area (Å²) in [6.45, 7) is 4.30. The number of ether oxygens (including phenoxy) is 2. The van der Waals surface area contributed by atoms with Crippen molar-refractivity contribution in [3.8, 4) is 0 Å². The molecule has 0 N–H and O–H groups in total. The normalized spacial score (nSPS) is 10.6. The van der Waals surface area contributed by atoms with Crippen molar-refractivity contribution in [3.05, 3.63) is 39.4 Å². The number of hydrogen-bond acceptors (Lipinski definition) is 6. The maximum absolute atomic E-state index is 11.9. The van der Waals surface area contributed by atoms with Crippen molar-refractivity contribution in [2.24, 2.45) is 0 Å². The summed E-state index contributed by atoms with van der Waals surface area (Å²) < 4.78 is 10.4. The second-order valence-corrected chi connectivity index (χ2v) is 7.17. The summed E-state index contributed by atoms with van der Waals surface area (Å²) in [6.07, 6.45) is 8.33. The molecule has 29 heavy (non-hydrogen) atoms. The Bertz CT molecular complexity index is 659. The van der Waals surface area contributed by atoms with Crippen molar-refractivity contribution < 1.29 is 24.0 Å². The summed E-state index contributed by atoms with van der Waals surface area (Å²) in [7, 11) is 0. The van der Waals surface area contributed by atoms with E-state index in [1.807, 2.05) is 0 Å². The van der Waals surface area contributed by atoms with Gasteiger partial charge in [0.1, 0.15) is 6.61 Å². The molecule has 1 rings (SSSR count). The number of nitro groups is 1. The van der Waals surface area contributed by atoms with Crippen molar-refractivity contribution in [2.75, 3.05) is 6.61 Å². The molecule has 162 valence electrons. The first-order valence-corrected chi connectivity index (χ1v) is 10.5. The van der Waals surface area contributed by atoms with Crippen LogP contribution >= 0.6 is 0 Å². The molecule has 0 saturated heterocycles. The van der Waals surface area contributed by atoms with Crippen molar-refractivity contribution in [3.63, 3.8) is 0 Å². The highest BCUT2D eigenvalue weighted by molar-refractivity contribution is 5.69. The van der Waals surface area contributed by atoms with Crippen LogP contribution in [0.5, 0.6) is 0 Å². The zero-order valence-electron chi connectivity index (χ0n) is 17.6. The van der Waals surface area contributed by atoms with Gasteiger partial charge in [-0.2, -0.15) is 0 Å². The van der Waals surface area contributed by atoms with E-state index in [1.54, 1.807) is 19.1 Å². The second kappa shape index (κ2) is 14.5. The van der Waals surface area contributed by atoms with E-state index in [4.69, 9.17) is 9.47 Å². The van der Waals surface area contributed by atoms with Gasteiger partial charge in [0.05, 0.1) is 11.5 Å². The Morgan fingerprint density at radius 1 is 0.931 bits per heavy atom. The van der Waals surface area contributed by atoms with Gasteiger partial charge >= 0.3 is 11.9 Å². The minimum absolute atomic E-state index is 0.0350. The molecule has 1 aromatic rings. The lowest BCUT2D eigenvalue weighted by Crippen LogP contribution is -2.06. The highest BCUT2D eigenvalue weighted by Crippen LogP contribution is 2.21. The Kier molecular flexibility index (Phi) is 12.3. The molecule has 0 unspecified atom stereocenters. The molecule has 7 heteroatoms. The van der Waals surface area contributed by atoms with Crippen LogP contribution < -0.4 is 0 Å². The second-order valence-electron chi connectivity index (χ2n) is 7.17. The fraction of sp³-hybridized carbons (Fsp3) is 0.636. The fourth-order valence-corrected chi connectivity index (χ4v) is 2.90. The molecule has 0 aromatic heterocycles. The summed E-state index contributed by atoms with van der Waals surface area (Å²) in [5, 5.41) is 10.9. The SMILES string of the molecule is CCCCOC(=O)CCCCCCCCC(=O)OCc1cccc([N+](=O)[O-])c1C. The average molecular weight is 408 g/mol. The molecule has 0 radical (unpaired) electrons. The van der Waals surface area contributed by atoms with E-state index in [2.05, 4.69) is 6.92 Å². The molecule has 0 heterocycles. The quantitative estimate of drug-likeness (QED) is 0.167. The highest BCUT2D eigenvalue weighted by Gasteiger charge is 2.14. The summed E-state index contributed by atoms with van der Waals surface area (Å²) in [5.41, 5.74) is 1.22. The van der Waals surface area contributed by atoms with Gasteiger partial charge in [0.25, 0.3) is 5.69 Å². The predicted octanol–water partition coefficient (Wildman–Crippen LogP) is 5.41. The van der Waals surface area contributed by atoms with E-state index in [0.29, 0.717) is 30.6 Å². The molecule has 0 bridgehead atoms. The molecule has 0 aliphatic carbocycles. The van der Waals surface area contributed by atoms with E-state index in [0.717, 1.165) is 51.4 Å². The summed E-state index contributed by atoms with van der Waals surface area (Å²) in [4.78, 5) is 33.8. The van der Waals surface area contributed by atoms with Gasteiger partial charge in [-0.05, 0) is 31.7 Å². The van der Waals surface area contributed by atoms with E-state index in [1.165, 1.54) is 6.07 Å². The third-order valence-corrected chi connectivity index (χ3v) is 4.78. The lowest BCUT2D eigenvalue weighted by Gasteiger charge is -2.08. The molecule has 0 spiro atoms. The van der Waals surface area contributed by atoms with E-state index >= 15 is 0 Å².